The van der Waals surface area contributed by atoms with Crippen LogP contribution in [-0.2, 0) is 0 Å². The Balaban J connectivity index is 0.00000109. The molecular weight excluding hydrogens is 348 g/mol. The Morgan fingerprint density at radius 2 is 1.64 bits per heavy atom. The van der Waals surface area contributed by atoms with Crippen molar-refractivity contribution < 1.29 is 4.42 Å². The fourth-order valence-corrected chi connectivity index (χ4v) is 3.74. The standard InChI is InChI=1S/C22H24N2O2.C2H6/c1-15-5-4-6-17(13-15)21-16(2)19-8-7-18(14-20(19)26-22(21)25)24-11-9-23(3)10-12-24;1-2/h4-8,13-14H,9-12H2,1-3H3;1-2H3. The van der Waals surface area contributed by atoms with Gasteiger partial charge in [-0.15, -0.1) is 0 Å². The quantitative estimate of drug-likeness (QED) is 0.597. The number of piperazine rings is 1. The molecule has 0 amide bonds. The Bertz CT molecular complexity index is 1010. The Labute approximate surface area is 167 Å². The van der Waals surface area contributed by atoms with Crippen molar-refractivity contribution in [1.29, 1.82) is 0 Å². The van der Waals surface area contributed by atoms with Gasteiger partial charge in [-0.1, -0.05) is 43.7 Å². The van der Waals surface area contributed by atoms with E-state index < -0.39 is 0 Å². The molecule has 1 aliphatic rings. The lowest BCUT2D eigenvalue weighted by molar-refractivity contribution is 0.313. The topological polar surface area (TPSA) is 36.7 Å². The summed E-state index contributed by atoms with van der Waals surface area (Å²) >= 11 is 0. The van der Waals surface area contributed by atoms with Crippen LogP contribution in [0.1, 0.15) is 25.0 Å². The van der Waals surface area contributed by atoms with Crippen molar-refractivity contribution in [2.45, 2.75) is 27.7 Å². The number of likely N-dealkylation sites (N-methyl/N-ethyl adjacent to an activating group) is 1. The normalized spacial score (nSPS) is 14.7. The van der Waals surface area contributed by atoms with Crippen LogP contribution in [0, 0.1) is 13.8 Å². The second-order valence-corrected chi connectivity index (χ2v) is 7.23. The van der Waals surface area contributed by atoms with Crippen molar-refractivity contribution in [3.05, 3.63) is 64.0 Å². The van der Waals surface area contributed by atoms with E-state index in [-0.39, 0.29) is 5.63 Å². The molecule has 0 N–H and O–H groups in total. The lowest BCUT2D eigenvalue weighted by Gasteiger charge is -2.34. The van der Waals surface area contributed by atoms with Gasteiger partial charge in [-0.3, -0.25) is 0 Å². The van der Waals surface area contributed by atoms with Crippen molar-refractivity contribution >= 4 is 16.7 Å². The molecule has 1 fully saturated rings. The highest BCUT2D eigenvalue weighted by atomic mass is 16.4. The number of nitrogens with zero attached hydrogens (tertiary/aromatic N) is 2. The van der Waals surface area contributed by atoms with E-state index in [1.54, 1.807) is 0 Å². The third kappa shape index (κ3) is 3.97. The van der Waals surface area contributed by atoms with Crippen LogP contribution in [0.5, 0.6) is 0 Å². The SMILES string of the molecule is CC.Cc1cccc(-c2c(C)c3ccc(N4CCN(C)CC4)cc3oc2=O)c1. The molecular formula is C24H30N2O2. The zero-order valence-electron chi connectivity index (χ0n) is 17.6. The minimum Gasteiger partial charge on any atom is -0.422 e. The molecule has 2 heterocycles. The van der Waals surface area contributed by atoms with Gasteiger partial charge in [0.15, 0.2) is 0 Å². The zero-order chi connectivity index (χ0) is 20.3. The van der Waals surface area contributed by atoms with Gasteiger partial charge in [-0.05, 0) is 44.2 Å². The Morgan fingerprint density at radius 1 is 0.929 bits per heavy atom. The molecule has 4 heteroatoms. The van der Waals surface area contributed by atoms with E-state index in [2.05, 4.69) is 29.0 Å². The molecule has 1 aliphatic heterocycles. The first-order valence-electron chi connectivity index (χ1n) is 10.1. The molecule has 1 saturated heterocycles. The molecule has 0 unspecified atom stereocenters. The number of aryl methyl sites for hydroxylation is 2. The van der Waals surface area contributed by atoms with Crippen molar-refractivity contribution in [2.75, 3.05) is 38.1 Å². The molecule has 2 aromatic carbocycles. The molecule has 4 rings (SSSR count). The largest absolute Gasteiger partial charge is 0.422 e. The second kappa shape index (κ2) is 8.61. The van der Waals surface area contributed by atoms with Crippen LogP contribution < -0.4 is 10.5 Å². The average molecular weight is 379 g/mol. The fraction of sp³-hybridized carbons (Fsp3) is 0.375. The van der Waals surface area contributed by atoms with Crippen LogP contribution in [-0.4, -0.2) is 38.1 Å². The number of hydrogen-bond acceptors (Lipinski definition) is 4. The summed E-state index contributed by atoms with van der Waals surface area (Å²) in [7, 11) is 2.15. The maximum absolute atomic E-state index is 12.7. The smallest absolute Gasteiger partial charge is 0.344 e. The molecule has 0 radical (unpaired) electrons. The minimum absolute atomic E-state index is 0.267. The third-order valence-electron chi connectivity index (χ3n) is 5.33. The summed E-state index contributed by atoms with van der Waals surface area (Å²) < 4.78 is 5.73. The van der Waals surface area contributed by atoms with E-state index in [1.807, 2.05) is 58.0 Å². The van der Waals surface area contributed by atoms with E-state index in [9.17, 15) is 4.79 Å². The van der Waals surface area contributed by atoms with Crippen LogP contribution in [0.3, 0.4) is 0 Å². The number of rotatable bonds is 2. The van der Waals surface area contributed by atoms with Crippen LogP contribution in [0.15, 0.2) is 51.7 Å². The number of fused-ring (bicyclic) bond motifs is 1. The summed E-state index contributed by atoms with van der Waals surface area (Å²) in [6, 6.07) is 14.2. The van der Waals surface area contributed by atoms with Crippen molar-refractivity contribution in [2.24, 2.45) is 0 Å². The molecule has 28 heavy (non-hydrogen) atoms. The highest BCUT2D eigenvalue weighted by Crippen LogP contribution is 2.30. The maximum Gasteiger partial charge on any atom is 0.344 e. The summed E-state index contributed by atoms with van der Waals surface area (Å²) in [4.78, 5) is 17.4. The number of benzene rings is 2. The number of hydrogen-bond donors (Lipinski definition) is 0. The molecule has 0 aliphatic carbocycles. The zero-order valence-corrected chi connectivity index (χ0v) is 17.6. The fourth-order valence-electron chi connectivity index (χ4n) is 3.74. The first-order chi connectivity index (χ1) is 13.5. The minimum atomic E-state index is -0.267. The van der Waals surface area contributed by atoms with Crippen LogP contribution in [0.25, 0.3) is 22.1 Å². The summed E-state index contributed by atoms with van der Waals surface area (Å²) in [5.74, 6) is 0. The lowest BCUT2D eigenvalue weighted by atomic mass is 9.98. The molecule has 0 bridgehead atoms. The molecule has 148 valence electrons. The van der Waals surface area contributed by atoms with Crippen LogP contribution in [0.2, 0.25) is 0 Å². The monoisotopic (exact) mass is 378 g/mol. The van der Waals surface area contributed by atoms with Gasteiger partial charge < -0.3 is 14.2 Å². The van der Waals surface area contributed by atoms with Gasteiger partial charge in [0, 0.05) is 43.3 Å². The highest BCUT2D eigenvalue weighted by molar-refractivity contribution is 5.88. The van der Waals surface area contributed by atoms with Gasteiger partial charge in [0.25, 0.3) is 0 Å². The van der Waals surface area contributed by atoms with E-state index in [0.717, 1.165) is 53.9 Å². The molecule has 0 spiro atoms. The number of anilines is 1. The predicted octanol–water partition coefficient (Wildman–Crippen LogP) is 4.85. The Hall–Kier alpha value is -2.59. The highest BCUT2D eigenvalue weighted by Gasteiger charge is 2.17. The predicted molar refractivity (Wildman–Crippen MR) is 118 cm³/mol. The van der Waals surface area contributed by atoms with Gasteiger partial charge >= 0.3 is 5.63 Å². The van der Waals surface area contributed by atoms with Gasteiger partial charge in [-0.2, -0.15) is 0 Å². The summed E-state index contributed by atoms with van der Waals surface area (Å²) in [6.45, 7) is 12.1. The van der Waals surface area contributed by atoms with E-state index in [4.69, 9.17) is 4.42 Å². The van der Waals surface area contributed by atoms with Crippen molar-refractivity contribution in [3.8, 4) is 11.1 Å². The van der Waals surface area contributed by atoms with Gasteiger partial charge in [0.2, 0.25) is 0 Å². The second-order valence-electron chi connectivity index (χ2n) is 7.23. The molecule has 1 aromatic heterocycles. The molecule has 0 atom stereocenters. The van der Waals surface area contributed by atoms with Crippen molar-refractivity contribution in [3.63, 3.8) is 0 Å². The lowest BCUT2D eigenvalue weighted by Crippen LogP contribution is -2.44. The molecule has 4 nitrogen and oxygen atoms in total. The van der Waals surface area contributed by atoms with E-state index in [0.29, 0.717) is 11.1 Å². The van der Waals surface area contributed by atoms with Crippen molar-refractivity contribution in [1.82, 2.24) is 4.90 Å². The summed E-state index contributed by atoms with van der Waals surface area (Å²) in [6.07, 6.45) is 0. The average Bonchev–Trinajstić information content (AvgIpc) is 2.70. The van der Waals surface area contributed by atoms with Crippen LogP contribution >= 0.6 is 0 Å². The van der Waals surface area contributed by atoms with E-state index in [1.165, 1.54) is 0 Å². The van der Waals surface area contributed by atoms with Gasteiger partial charge in [-0.25, -0.2) is 4.79 Å². The van der Waals surface area contributed by atoms with Gasteiger partial charge in [0.1, 0.15) is 5.58 Å². The summed E-state index contributed by atoms with van der Waals surface area (Å²) in [5, 5.41) is 0.999. The first-order valence-corrected chi connectivity index (χ1v) is 10.1. The summed E-state index contributed by atoms with van der Waals surface area (Å²) in [5.41, 5.74) is 5.21. The van der Waals surface area contributed by atoms with E-state index >= 15 is 0 Å². The molecule has 0 saturated carbocycles. The van der Waals surface area contributed by atoms with Gasteiger partial charge in [0.05, 0.1) is 5.56 Å². The Morgan fingerprint density at radius 3 is 2.32 bits per heavy atom. The third-order valence-corrected chi connectivity index (χ3v) is 5.33. The van der Waals surface area contributed by atoms with Crippen LogP contribution in [0.4, 0.5) is 5.69 Å². The molecule has 3 aromatic rings. The maximum atomic E-state index is 12.7. The first kappa shape index (κ1) is 20.2. The Kier molecular flexibility index (Phi) is 6.20.